The molecule has 0 amide bonds. The molecule has 0 spiro atoms. The highest BCUT2D eigenvalue weighted by Crippen LogP contribution is 2.05. The van der Waals surface area contributed by atoms with Crippen LogP contribution in [0.1, 0.15) is 26.2 Å². The highest BCUT2D eigenvalue weighted by Gasteiger charge is 2.08. The molecule has 1 aliphatic heterocycles. The van der Waals surface area contributed by atoms with Crippen molar-refractivity contribution in [2.75, 3.05) is 19.6 Å². The van der Waals surface area contributed by atoms with Crippen LogP contribution in [0.15, 0.2) is 11.6 Å². The van der Waals surface area contributed by atoms with E-state index in [-0.39, 0.29) is 0 Å². The highest BCUT2D eigenvalue weighted by molar-refractivity contribution is 5.80. The summed E-state index contributed by atoms with van der Waals surface area (Å²) in [5.41, 5.74) is 4.08. The van der Waals surface area contributed by atoms with Crippen molar-refractivity contribution in [3.8, 4) is 0 Å². The molecular formula is C10H18N2O2. The van der Waals surface area contributed by atoms with Gasteiger partial charge >= 0.3 is 5.97 Å². The molecule has 1 rings (SSSR count). The Morgan fingerprint density at radius 2 is 2.07 bits per heavy atom. The molecular weight excluding hydrogens is 180 g/mol. The summed E-state index contributed by atoms with van der Waals surface area (Å²) < 4.78 is 0. The Hall–Kier alpha value is -0.870. The average molecular weight is 198 g/mol. The monoisotopic (exact) mass is 198 g/mol. The van der Waals surface area contributed by atoms with Crippen LogP contribution in [0.2, 0.25) is 0 Å². The van der Waals surface area contributed by atoms with Crippen molar-refractivity contribution in [2.24, 2.45) is 0 Å². The highest BCUT2D eigenvalue weighted by atomic mass is 16.4. The van der Waals surface area contributed by atoms with E-state index in [0.717, 1.165) is 18.7 Å². The smallest absolute Gasteiger partial charge is 0.328 e. The second kappa shape index (κ2) is 5.78. The van der Waals surface area contributed by atoms with Gasteiger partial charge in [-0.1, -0.05) is 12.0 Å². The fourth-order valence-electron chi connectivity index (χ4n) is 1.55. The molecule has 1 aliphatic rings. The quantitative estimate of drug-likeness (QED) is 0.662. The average Bonchev–Trinajstić information content (AvgIpc) is 2.15. The largest absolute Gasteiger partial charge is 0.478 e. The lowest BCUT2D eigenvalue weighted by Gasteiger charge is -2.27. The minimum absolute atomic E-state index is 0.631. The van der Waals surface area contributed by atoms with Gasteiger partial charge in [0, 0.05) is 25.7 Å². The van der Waals surface area contributed by atoms with Gasteiger partial charge in [0.2, 0.25) is 0 Å². The van der Waals surface area contributed by atoms with Crippen molar-refractivity contribution in [1.29, 1.82) is 0 Å². The first-order chi connectivity index (χ1) is 6.68. The summed E-state index contributed by atoms with van der Waals surface area (Å²) >= 11 is 0. The predicted octanol–water partition coefficient (Wildman–Crippen LogP) is 1.01. The summed E-state index contributed by atoms with van der Waals surface area (Å²) in [6.07, 6.45) is 5.02. The first-order valence-corrected chi connectivity index (χ1v) is 5.07. The van der Waals surface area contributed by atoms with Crippen LogP contribution in [0.25, 0.3) is 0 Å². The van der Waals surface area contributed by atoms with Gasteiger partial charge in [-0.25, -0.2) is 9.80 Å². The number of aliphatic carboxylic acids is 1. The molecule has 0 saturated carbocycles. The lowest BCUT2D eigenvalue weighted by Crippen LogP contribution is -2.42. The number of carboxylic acid groups (broad SMARTS) is 1. The maximum atomic E-state index is 10.3. The normalized spacial score (nSPS) is 19.6. The SMILES string of the molecule is CC(=CC(=O)O)CNN1CCCCC1. The molecule has 1 fully saturated rings. The van der Waals surface area contributed by atoms with Gasteiger partial charge in [-0.2, -0.15) is 0 Å². The number of hydrazine groups is 1. The Morgan fingerprint density at radius 1 is 1.43 bits per heavy atom. The van der Waals surface area contributed by atoms with Gasteiger partial charge in [-0.3, -0.25) is 5.43 Å². The van der Waals surface area contributed by atoms with Crippen LogP contribution in [0.4, 0.5) is 0 Å². The van der Waals surface area contributed by atoms with E-state index in [9.17, 15) is 4.79 Å². The molecule has 0 aromatic carbocycles. The van der Waals surface area contributed by atoms with Crippen LogP contribution in [-0.2, 0) is 4.79 Å². The van der Waals surface area contributed by atoms with Gasteiger partial charge in [0.15, 0.2) is 0 Å². The van der Waals surface area contributed by atoms with E-state index in [0.29, 0.717) is 6.54 Å². The number of piperidine rings is 1. The molecule has 80 valence electrons. The fourth-order valence-corrected chi connectivity index (χ4v) is 1.55. The minimum atomic E-state index is -0.872. The Morgan fingerprint density at radius 3 is 2.64 bits per heavy atom. The lowest BCUT2D eigenvalue weighted by molar-refractivity contribution is -0.131. The molecule has 4 nitrogen and oxygen atoms in total. The van der Waals surface area contributed by atoms with Crippen LogP contribution in [0.5, 0.6) is 0 Å². The molecule has 2 N–H and O–H groups in total. The zero-order valence-electron chi connectivity index (χ0n) is 8.62. The maximum Gasteiger partial charge on any atom is 0.328 e. The third kappa shape index (κ3) is 4.39. The lowest BCUT2D eigenvalue weighted by atomic mass is 10.2. The first kappa shape index (κ1) is 11.2. The number of hydrogen-bond acceptors (Lipinski definition) is 3. The Labute approximate surface area is 84.6 Å². The molecule has 4 heteroatoms. The summed E-state index contributed by atoms with van der Waals surface area (Å²) in [6.45, 7) is 4.60. The molecule has 1 heterocycles. The van der Waals surface area contributed by atoms with Crippen molar-refractivity contribution < 1.29 is 9.90 Å². The van der Waals surface area contributed by atoms with E-state index in [4.69, 9.17) is 5.11 Å². The van der Waals surface area contributed by atoms with Gasteiger partial charge in [-0.15, -0.1) is 0 Å². The van der Waals surface area contributed by atoms with Crippen LogP contribution in [-0.4, -0.2) is 35.7 Å². The van der Waals surface area contributed by atoms with E-state index in [1.54, 1.807) is 0 Å². The van der Waals surface area contributed by atoms with E-state index >= 15 is 0 Å². The molecule has 0 aliphatic carbocycles. The summed E-state index contributed by atoms with van der Waals surface area (Å²) in [5.74, 6) is -0.872. The van der Waals surface area contributed by atoms with Gasteiger partial charge in [-0.05, 0) is 19.8 Å². The van der Waals surface area contributed by atoms with E-state index in [1.165, 1.54) is 25.3 Å². The van der Waals surface area contributed by atoms with Gasteiger partial charge in [0.25, 0.3) is 0 Å². The zero-order valence-corrected chi connectivity index (χ0v) is 8.62. The summed E-state index contributed by atoms with van der Waals surface area (Å²) in [7, 11) is 0. The van der Waals surface area contributed by atoms with Crippen LogP contribution < -0.4 is 5.43 Å². The fraction of sp³-hybridized carbons (Fsp3) is 0.700. The molecule has 0 radical (unpaired) electrons. The van der Waals surface area contributed by atoms with Crippen molar-refractivity contribution in [3.63, 3.8) is 0 Å². The first-order valence-electron chi connectivity index (χ1n) is 5.07. The summed E-state index contributed by atoms with van der Waals surface area (Å²) in [6, 6.07) is 0. The number of carboxylic acids is 1. The Bertz CT molecular complexity index is 220. The van der Waals surface area contributed by atoms with E-state index < -0.39 is 5.97 Å². The molecule has 0 atom stereocenters. The predicted molar refractivity (Wildman–Crippen MR) is 54.8 cm³/mol. The number of rotatable bonds is 4. The van der Waals surface area contributed by atoms with Gasteiger partial charge in [0.1, 0.15) is 0 Å². The standard InChI is InChI=1S/C10H18N2O2/c1-9(7-10(13)14)8-11-12-5-3-2-4-6-12/h7,11H,2-6,8H2,1H3,(H,13,14). The number of nitrogens with zero attached hydrogens (tertiary/aromatic N) is 1. The second-order valence-corrected chi connectivity index (χ2v) is 3.71. The van der Waals surface area contributed by atoms with Crippen LogP contribution >= 0.6 is 0 Å². The van der Waals surface area contributed by atoms with Crippen LogP contribution in [0.3, 0.4) is 0 Å². The van der Waals surface area contributed by atoms with Crippen molar-refractivity contribution in [2.45, 2.75) is 26.2 Å². The van der Waals surface area contributed by atoms with E-state index in [2.05, 4.69) is 10.4 Å². The third-order valence-corrected chi connectivity index (χ3v) is 2.31. The van der Waals surface area contributed by atoms with Crippen LogP contribution in [0, 0.1) is 0 Å². The second-order valence-electron chi connectivity index (χ2n) is 3.71. The topological polar surface area (TPSA) is 52.6 Å². The van der Waals surface area contributed by atoms with Gasteiger partial charge < -0.3 is 5.11 Å². The zero-order chi connectivity index (χ0) is 10.4. The molecule has 0 bridgehead atoms. The molecule has 0 aromatic rings. The third-order valence-electron chi connectivity index (χ3n) is 2.31. The number of hydrogen-bond donors (Lipinski definition) is 2. The molecule has 0 unspecified atom stereocenters. The van der Waals surface area contributed by atoms with Crippen molar-refractivity contribution in [1.82, 2.24) is 10.4 Å². The van der Waals surface area contributed by atoms with Crippen molar-refractivity contribution in [3.05, 3.63) is 11.6 Å². The maximum absolute atomic E-state index is 10.3. The molecule has 1 saturated heterocycles. The Kier molecular flexibility index (Phi) is 4.62. The van der Waals surface area contributed by atoms with E-state index in [1.807, 2.05) is 6.92 Å². The molecule has 14 heavy (non-hydrogen) atoms. The minimum Gasteiger partial charge on any atom is -0.478 e. The number of carbonyl (C=O) groups is 1. The Balaban J connectivity index is 2.21. The summed E-state index contributed by atoms with van der Waals surface area (Å²) in [5, 5.41) is 10.7. The van der Waals surface area contributed by atoms with Crippen molar-refractivity contribution >= 4 is 5.97 Å². The molecule has 0 aromatic heterocycles. The number of nitrogens with one attached hydrogen (secondary N) is 1. The van der Waals surface area contributed by atoms with Gasteiger partial charge in [0.05, 0.1) is 0 Å². The summed E-state index contributed by atoms with van der Waals surface area (Å²) in [4.78, 5) is 10.3.